The SMILES string of the molecule is Cl.Cl.O=C(NCCNC1CCCCCC1)c1cnc(-c2ncccn2)s1. The van der Waals surface area contributed by atoms with Crippen molar-refractivity contribution < 1.29 is 4.79 Å². The summed E-state index contributed by atoms with van der Waals surface area (Å²) in [6.07, 6.45) is 12.8. The molecule has 0 saturated heterocycles. The second-order valence-corrected chi connectivity index (χ2v) is 7.03. The normalized spacial score (nSPS) is 14.6. The molecule has 0 radical (unpaired) electrons. The van der Waals surface area contributed by atoms with Gasteiger partial charge >= 0.3 is 0 Å². The van der Waals surface area contributed by atoms with Crippen molar-refractivity contribution in [3.05, 3.63) is 29.5 Å². The molecular weight excluding hydrogens is 393 g/mol. The van der Waals surface area contributed by atoms with E-state index in [1.807, 2.05) is 0 Å². The molecule has 9 heteroatoms. The lowest BCUT2D eigenvalue weighted by molar-refractivity contribution is 0.0957. The van der Waals surface area contributed by atoms with Gasteiger partial charge in [-0.3, -0.25) is 4.79 Å². The number of carbonyl (C=O) groups excluding carboxylic acids is 1. The second kappa shape index (κ2) is 12.2. The van der Waals surface area contributed by atoms with E-state index in [9.17, 15) is 4.79 Å². The third-order valence-corrected chi connectivity index (χ3v) is 5.18. The summed E-state index contributed by atoms with van der Waals surface area (Å²) in [4.78, 5) is 25.3. The van der Waals surface area contributed by atoms with E-state index in [0.29, 0.717) is 28.3 Å². The molecule has 26 heavy (non-hydrogen) atoms. The molecule has 1 saturated carbocycles. The van der Waals surface area contributed by atoms with Crippen LogP contribution in [0.25, 0.3) is 10.8 Å². The first-order chi connectivity index (χ1) is 11.8. The molecule has 0 aromatic carbocycles. The fourth-order valence-electron chi connectivity index (χ4n) is 2.91. The van der Waals surface area contributed by atoms with Crippen LogP contribution in [0.5, 0.6) is 0 Å². The lowest BCUT2D eigenvalue weighted by Gasteiger charge is -2.16. The standard InChI is InChI=1S/C17H23N5OS.2ClH/c23-16(21-11-10-18-13-6-3-1-2-4-7-13)14-12-22-17(24-14)15-19-8-5-9-20-15;;/h5,8-9,12-13,18H,1-4,6-7,10-11H2,(H,21,23);2*1H. The fourth-order valence-corrected chi connectivity index (χ4v) is 3.70. The first kappa shape index (κ1) is 22.8. The van der Waals surface area contributed by atoms with Crippen molar-refractivity contribution in [2.24, 2.45) is 0 Å². The molecule has 1 aliphatic carbocycles. The Bertz CT molecular complexity index is 648. The Morgan fingerprint density at radius 2 is 1.73 bits per heavy atom. The smallest absolute Gasteiger partial charge is 0.263 e. The molecular formula is C17H25Cl2N5OS. The number of halogens is 2. The van der Waals surface area contributed by atoms with E-state index in [1.165, 1.54) is 49.9 Å². The molecule has 0 unspecified atom stereocenters. The van der Waals surface area contributed by atoms with E-state index in [0.717, 1.165) is 6.54 Å². The molecule has 1 aliphatic rings. The van der Waals surface area contributed by atoms with Crippen LogP contribution in [0.15, 0.2) is 24.7 Å². The second-order valence-electron chi connectivity index (χ2n) is 6.00. The van der Waals surface area contributed by atoms with E-state index >= 15 is 0 Å². The minimum Gasteiger partial charge on any atom is -0.350 e. The average molecular weight is 418 g/mol. The lowest BCUT2D eigenvalue weighted by atomic mass is 10.1. The summed E-state index contributed by atoms with van der Waals surface area (Å²) in [7, 11) is 0. The summed E-state index contributed by atoms with van der Waals surface area (Å²) in [6.45, 7) is 1.44. The number of aromatic nitrogens is 3. The van der Waals surface area contributed by atoms with Gasteiger partial charge in [0.1, 0.15) is 4.88 Å². The molecule has 0 bridgehead atoms. The molecule has 1 amide bonds. The van der Waals surface area contributed by atoms with Gasteiger partial charge in [0.15, 0.2) is 10.8 Å². The Morgan fingerprint density at radius 1 is 1.04 bits per heavy atom. The molecule has 0 atom stereocenters. The third kappa shape index (κ3) is 6.79. The van der Waals surface area contributed by atoms with Crippen molar-refractivity contribution in [3.8, 4) is 10.8 Å². The Kier molecular flexibility index (Phi) is 10.7. The fraction of sp³-hybridized carbons (Fsp3) is 0.529. The van der Waals surface area contributed by atoms with Gasteiger partial charge in [0, 0.05) is 31.5 Å². The number of hydrogen-bond acceptors (Lipinski definition) is 6. The molecule has 144 valence electrons. The van der Waals surface area contributed by atoms with Crippen molar-refractivity contribution in [2.45, 2.75) is 44.6 Å². The minimum atomic E-state index is -0.0858. The van der Waals surface area contributed by atoms with E-state index < -0.39 is 0 Å². The number of amides is 1. The van der Waals surface area contributed by atoms with Crippen LogP contribution in [0, 0.1) is 0 Å². The summed E-state index contributed by atoms with van der Waals surface area (Å²) in [6, 6.07) is 2.36. The van der Waals surface area contributed by atoms with Crippen LogP contribution >= 0.6 is 36.2 Å². The Balaban J connectivity index is 0.00000169. The van der Waals surface area contributed by atoms with E-state index in [4.69, 9.17) is 0 Å². The minimum absolute atomic E-state index is 0. The van der Waals surface area contributed by atoms with Crippen LogP contribution in [-0.2, 0) is 0 Å². The van der Waals surface area contributed by atoms with E-state index in [1.54, 1.807) is 24.7 Å². The molecule has 3 rings (SSSR count). The van der Waals surface area contributed by atoms with Crippen molar-refractivity contribution >= 4 is 42.1 Å². The van der Waals surface area contributed by atoms with Gasteiger partial charge in [-0.15, -0.1) is 36.2 Å². The van der Waals surface area contributed by atoms with Crippen molar-refractivity contribution in [2.75, 3.05) is 13.1 Å². The number of rotatable bonds is 6. The Morgan fingerprint density at radius 3 is 2.42 bits per heavy atom. The number of nitrogens with zero attached hydrogens (tertiary/aromatic N) is 3. The zero-order chi connectivity index (χ0) is 16.6. The molecule has 2 heterocycles. The summed E-state index contributed by atoms with van der Waals surface area (Å²) >= 11 is 1.31. The first-order valence-corrected chi connectivity index (χ1v) is 9.39. The number of carbonyl (C=O) groups is 1. The molecule has 0 aliphatic heterocycles. The van der Waals surface area contributed by atoms with Crippen LogP contribution in [0.3, 0.4) is 0 Å². The molecule has 1 fully saturated rings. The van der Waals surface area contributed by atoms with Gasteiger partial charge in [0.05, 0.1) is 6.20 Å². The summed E-state index contributed by atoms with van der Waals surface area (Å²) in [5.41, 5.74) is 0. The Hall–Kier alpha value is -1.28. The van der Waals surface area contributed by atoms with Gasteiger partial charge in [-0.1, -0.05) is 25.7 Å². The lowest BCUT2D eigenvalue weighted by Crippen LogP contribution is -2.36. The predicted molar refractivity (Wildman–Crippen MR) is 109 cm³/mol. The zero-order valence-electron chi connectivity index (χ0n) is 14.5. The van der Waals surface area contributed by atoms with Crippen molar-refractivity contribution in [1.29, 1.82) is 0 Å². The quantitative estimate of drug-likeness (QED) is 0.555. The molecule has 2 aromatic rings. The highest BCUT2D eigenvalue weighted by Crippen LogP contribution is 2.21. The van der Waals surface area contributed by atoms with Crippen LogP contribution in [0.4, 0.5) is 0 Å². The average Bonchev–Trinajstić information content (AvgIpc) is 2.97. The summed E-state index contributed by atoms with van der Waals surface area (Å²) < 4.78 is 0. The van der Waals surface area contributed by atoms with Crippen LogP contribution in [0.2, 0.25) is 0 Å². The number of thiazole rings is 1. The topological polar surface area (TPSA) is 79.8 Å². The highest BCUT2D eigenvalue weighted by Gasteiger charge is 2.14. The monoisotopic (exact) mass is 417 g/mol. The summed E-state index contributed by atoms with van der Waals surface area (Å²) in [5.74, 6) is 0.467. The maximum atomic E-state index is 12.2. The Labute approximate surface area is 170 Å². The number of nitrogens with one attached hydrogen (secondary N) is 2. The van der Waals surface area contributed by atoms with Gasteiger partial charge in [-0.2, -0.15) is 0 Å². The van der Waals surface area contributed by atoms with Crippen LogP contribution in [0.1, 0.15) is 48.2 Å². The maximum Gasteiger partial charge on any atom is 0.263 e. The van der Waals surface area contributed by atoms with Crippen molar-refractivity contribution in [1.82, 2.24) is 25.6 Å². The van der Waals surface area contributed by atoms with Gasteiger partial charge in [-0.05, 0) is 18.9 Å². The van der Waals surface area contributed by atoms with Gasteiger partial charge in [0.2, 0.25) is 0 Å². The molecule has 6 nitrogen and oxygen atoms in total. The third-order valence-electron chi connectivity index (χ3n) is 4.19. The van der Waals surface area contributed by atoms with Crippen molar-refractivity contribution in [3.63, 3.8) is 0 Å². The van der Waals surface area contributed by atoms with Gasteiger partial charge in [0.25, 0.3) is 5.91 Å². The maximum absolute atomic E-state index is 12.2. The van der Waals surface area contributed by atoms with Gasteiger partial charge < -0.3 is 10.6 Å². The molecule has 2 N–H and O–H groups in total. The van der Waals surface area contributed by atoms with Gasteiger partial charge in [-0.25, -0.2) is 15.0 Å². The molecule has 2 aromatic heterocycles. The highest BCUT2D eigenvalue weighted by atomic mass is 35.5. The van der Waals surface area contributed by atoms with Crippen LogP contribution < -0.4 is 10.6 Å². The zero-order valence-corrected chi connectivity index (χ0v) is 17.0. The summed E-state index contributed by atoms with van der Waals surface area (Å²) in [5, 5.41) is 7.16. The predicted octanol–water partition coefficient (Wildman–Crippen LogP) is 3.49. The number of hydrogen-bond donors (Lipinski definition) is 2. The largest absolute Gasteiger partial charge is 0.350 e. The highest BCUT2D eigenvalue weighted by molar-refractivity contribution is 7.16. The molecule has 0 spiro atoms. The van der Waals surface area contributed by atoms with Crippen LogP contribution in [-0.4, -0.2) is 40.0 Å². The first-order valence-electron chi connectivity index (χ1n) is 8.58. The van der Waals surface area contributed by atoms with E-state index in [2.05, 4.69) is 25.6 Å². The van der Waals surface area contributed by atoms with E-state index in [-0.39, 0.29) is 30.7 Å².